The van der Waals surface area contributed by atoms with Crippen molar-refractivity contribution in [3.63, 3.8) is 0 Å². The number of methoxy groups -OCH3 is 1. The lowest BCUT2D eigenvalue weighted by molar-refractivity contribution is 0.415. The largest absolute Gasteiger partial charge is 0.497 e. The lowest BCUT2D eigenvalue weighted by Gasteiger charge is -2.05. The maximum atomic E-state index is 13.6. The number of benzene rings is 3. The zero-order valence-electron chi connectivity index (χ0n) is 17.9. The Morgan fingerprint density at radius 1 is 1.06 bits per heavy atom. The van der Waals surface area contributed by atoms with Gasteiger partial charge in [-0.25, -0.2) is 9.37 Å². The third kappa shape index (κ3) is 3.96. The van der Waals surface area contributed by atoms with E-state index in [1.54, 1.807) is 26.2 Å². The number of ether oxygens (including phenoxy) is 1. The Morgan fingerprint density at radius 3 is 2.48 bits per heavy atom. The van der Waals surface area contributed by atoms with Crippen LogP contribution in [0.1, 0.15) is 12.5 Å². The predicted octanol–water partition coefficient (Wildman–Crippen LogP) is 5.73. The van der Waals surface area contributed by atoms with Crippen LogP contribution in [0.2, 0.25) is 0 Å². The van der Waals surface area contributed by atoms with E-state index in [4.69, 9.17) is 4.74 Å². The van der Waals surface area contributed by atoms with E-state index in [0.717, 1.165) is 15.8 Å². The standard InChI is InChI=1S/C25H19FN4O2S/c1-15(27-18-11-9-17(26)10-12-18)22-23(16-7-13-19(32-2)14-8-16)29-30(24(22)31)25-28-20-5-3-4-6-21(20)33-25/h3-14,29H,1-2H3. The van der Waals surface area contributed by atoms with E-state index in [-0.39, 0.29) is 11.4 Å². The van der Waals surface area contributed by atoms with Crippen molar-refractivity contribution in [3.05, 3.63) is 94.5 Å². The first kappa shape index (κ1) is 20.8. The molecule has 8 heteroatoms. The third-order valence-corrected chi connectivity index (χ3v) is 6.25. The van der Waals surface area contributed by atoms with Gasteiger partial charge in [0.2, 0.25) is 5.13 Å². The quantitative estimate of drug-likeness (QED) is 0.342. The third-order valence-electron chi connectivity index (χ3n) is 5.23. The smallest absolute Gasteiger partial charge is 0.283 e. The molecule has 0 aliphatic rings. The van der Waals surface area contributed by atoms with Gasteiger partial charge < -0.3 is 4.74 Å². The molecule has 2 aromatic heterocycles. The van der Waals surface area contributed by atoms with Gasteiger partial charge in [0.25, 0.3) is 5.56 Å². The normalized spacial score (nSPS) is 11.8. The molecule has 0 unspecified atom stereocenters. The van der Waals surface area contributed by atoms with Gasteiger partial charge in [0.1, 0.15) is 11.6 Å². The Kier molecular flexibility index (Phi) is 5.35. The summed E-state index contributed by atoms with van der Waals surface area (Å²) in [5, 5.41) is 3.77. The van der Waals surface area contributed by atoms with Gasteiger partial charge in [-0.15, -0.1) is 0 Å². The molecule has 5 rings (SSSR count). The van der Waals surface area contributed by atoms with Crippen LogP contribution in [-0.4, -0.2) is 27.6 Å². The topological polar surface area (TPSA) is 72.3 Å². The number of rotatable bonds is 5. The molecule has 0 spiro atoms. The van der Waals surface area contributed by atoms with Crippen molar-refractivity contribution in [2.45, 2.75) is 6.92 Å². The number of hydrogen-bond donors (Lipinski definition) is 1. The number of nitrogens with zero attached hydrogens (tertiary/aromatic N) is 3. The molecule has 164 valence electrons. The second-order valence-corrected chi connectivity index (χ2v) is 8.38. The van der Waals surface area contributed by atoms with Crippen molar-refractivity contribution in [1.29, 1.82) is 0 Å². The molecule has 0 fully saturated rings. The van der Waals surface area contributed by atoms with Crippen LogP contribution in [0.15, 0.2) is 82.6 Å². The minimum absolute atomic E-state index is 0.261. The molecular weight excluding hydrogens is 439 g/mol. The summed E-state index contributed by atoms with van der Waals surface area (Å²) in [6, 6.07) is 21.0. The molecule has 0 bridgehead atoms. The van der Waals surface area contributed by atoms with Gasteiger partial charge >= 0.3 is 0 Å². The Labute approximate surface area is 192 Å². The van der Waals surface area contributed by atoms with Gasteiger partial charge in [0.05, 0.1) is 40.0 Å². The summed E-state index contributed by atoms with van der Waals surface area (Å²) in [6.45, 7) is 1.77. The van der Waals surface area contributed by atoms with Gasteiger partial charge in [0.15, 0.2) is 0 Å². The molecule has 0 amide bonds. The number of aliphatic imine (C=N–C) groups is 1. The number of H-pyrrole nitrogens is 1. The molecule has 0 radical (unpaired) electrons. The number of halogens is 1. The van der Waals surface area contributed by atoms with Gasteiger partial charge in [-0.2, -0.15) is 4.68 Å². The van der Waals surface area contributed by atoms with Crippen LogP contribution in [0.4, 0.5) is 10.1 Å². The highest BCUT2D eigenvalue weighted by atomic mass is 32.1. The van der Waals surface area contributed by atoms with Crippen molar-refractivity contribution in [2.75, 3.05) is 7.11 Å². The summed E-state index contributed by atoms with van der Waals surface area (Å²) in [6.07, 6.45) is 0. The summed E-state index contributed by atoms with van der Waals surface area (Å²) in [5.74, 6) is 0.371. The number of aromatic nitrogens is 3. The van der Waals surface area contributed by atoms with E-state index in [1.165, 1.54) is 28.2 Å². The van der Waals surface area contributed by atoms with Crippen LogP contribution >= 0.6 is 11.3 Å². The van der Waals surface area contributed by atoms with Crippen molar-refractivity contribution >= 4 is 33.0 Å². The van der Waals surface area contributed by atoms with E-state index in [9.17, 15) is 9.18 Å². The molecular formula is C25H19FN4O2S. The number of fused-ring (bicyclic) bond motifs is 1. The highest BCUT2D eigenvalue weighted by Crippen LogP contribution is 2.28. The van der Waals surface area contributed by atoms with Crippen molar-refractivity contribution in [2.24, 2.45) is 4.99 Å². The number of hydrogen-bond acceptors (Lipinski definition) is 5. The average molecular weight is 459 g/mol. The van der Waals surface area contributed by atoms with E-state index in [1.807, 2.05) is 48.5 Å². The summed E-state index contributed by atoms with van der Waals surface area (Å²) in [7, 11) is 1.60. The molecule has 0 saturated heterocycles. The number of para-hydroxylation sites is 1. The minimum atomic E-state index is -0.342. The fourth-order valence-corrected chi connectivity index (χ4v) is 4.52. The predicted molar refractivity (Wildman–Crippen MR) is 130 cm³/mol. The Balaban J connectivity index is 1.69. The van der Waals surface area contributed by atoms with E-state index < -0.39 is 0 Å². The molecule has 33 heavy (non-hydrogen) atoms. The van der Waals surface area contributed by atoms with Crippen LogP contribution < -0.4 is 10.3 Å². The summed E-state index contributed by atoms with van der Waals surface area (Å²) < 4.78 is 21.0. The summed E-state index contributed by atoms with van der Waals surface area (Å²) >= 11 is 1.42. The van der Waals surface area contributed by atoms with Crippen molar-refractivity contribution in [3.8, 4) is 22.1 Å². The molecule has 0 saturated carbocycles. The fourth-order valence-electron chi connectivity index (χ4n) is 3.60. The average Bonchev–Trinajstić information content (AvgIpc) is 3.41. The van der Waals surface area contributed by atoms with Crippen LogP contribution in [0.25, 0.3) is 26.6 Å². The van der Waals surface area contributed by atoms with Crippen LogP contribution in [-0.2, 0) is 0 Å². The second kappa shape index (κ2) is 8.48. The highest BCUT2D eigenvalue weighted by Gasteiger charge is 2.21. The fraction of sp³-hybridized carbons (Fsp3) is 0.0800. The lowest BCUT2D eigenvalue weighted by atomic mass is 10.0. The monoisotopic (exact) mass is 458 g/mol. The van der Waals surface area contributed by atoms with Crippen LogP contribution in [0, 0.1) is 5.82 Å². The maximum Gasteiger partial charge on any atom is 0.283 e. The Hall–Kier alpha value is -4.04. The Morgan fingerprint density at radius 2 is 1.79 bits per heavy atom. The zero-order chi connectivity index (χ0) is 22.9. The van der Waals surface area contributed by atoms with Crippen molar-refractivity contribution < 1.29 is 9.13 Å². The zero-order valence-corrected chi connectivity index (χ0v) is 18.7. The molecule has 3 aromatic carbocycles. The van der Waals surface area contributed by atoms with Crippen LogP contribution in [0.5, 0.6) is 5.75 Å². The second-order valence-electron chi connectivity index (χ2n) is 7.37. The molecule has 1 N–H and O–H groups in total. The van der Waals surface area contributed by atoms with Crippen molar-refractivity contribution in [1.82, 2.24) is 14.8 Å². The van der Waals surface area contributed by atoms with Gasteiger partial charge in [-0.1, -0.05) is 23.5 Å². The van der Waals surface area contributed by atoms with Gasteiger partial charge in [-0.05, 0) is 67.6 Å². The SMILES string of the molecule is COc1ccc(-c2[nH]n(-c3nc4ccccc4s3)c(=O)c2C(C)=Nc2ccc(F)cc2)cc1. The number of aromatic amines is 1. The minimum Gasteiger partial charge on any atom is -0.497 e. The molecule has 0 aliphatic carbocycles. The molecule has 0 atom stereocenters. The first-order chi connectivity index (χ1) is 16.0. The number of nitrogens with one attached hydrogen (secondary N) is 1. The first-order valence-corrected chi connectivity index (χ1v) is 11.0. The lowest BCUT2D eigenvalue weighted by Crippen LogP contribution is -2.19. The van der Waals surface area contributed by atoms with Gasteiger partial charge in [-0.3, -0.25) is 14.9 Å². The van der Waals surface area contributed by atoms with E-state index in [2.05, 4.69) is 15.1 Å². The van der Waals surface area contributed by atoms with E-state index in [0.29, 0.717) is 33.5 Å². The first-order valence-electron chi connectivity index (χ1n) is 10.2. The van der Waals surface area contributed by atoms with E-state index >= 15 is 0 Å². The molecule has 6 nitrogen and oxygen atoms in total. The Bertz CT molecular complexity index is 1500. The molecule has 0 aliphatic heterocycles. The summed E-state index contributed by atoms with van der Waals surface area (Å²) in [4.78, 5) is 22.8. The van der Waals surface area contributed by atoms with Crippen LogP contribution in [0.3, 0.4) is 0 Å². The summed E-state index contributed by atoms with van der Waals surface area (Å²) in [5.41, 5.74) is 3.46. The number of thiazole rings is 1. The highest BCUT2D eigenvalue weighted by molar-refractivity contribution is 7.20. The van der Waals surface area contributed by atoms with Gasteiger partial charge in [0, 0.05) is 5.56 Å². The maximum absolute atomic E-state index is 13.6. The molecule has 5 aromatic rings. The molecule has 2 heterocycles.